The lowest BCUT2D eigenvalue weighted by atomic mass is 9.92. The summed E-state index contributed by atoms with van der Waals surface area (Å²) in [7, 11) is 0. The molecule has 0 atom stereocenters. The summed E-state index contributed by atoms with van der Waals surface area (Å²) >= 11 is 0. The second kappa shape index (κ2) is 7.28. The van der Waals surface area contributed by atoms with Gasteiger partial charge in [0.05, 0.1) is 5.52 Å². The van der Waals surface area contributed by atoms with Crippen molar-refractivity contribution in [3.63, 3.8) is 0 Å². The minimum Gasteiger partial charge on any atom is -0.382 e. The van der Waals surface area contributed by atoms with E-state index in [0.717, 1.165) is 24.9 Å². The maximum atomic E-state index is 13.2. The molecule has 1 aliphatic rings. The van der Waals surface area contributed by atoms with E-state index >= 15 is 0 Å². The van der Waals surface area contributed by atoms with E-state index in [1.165, 1.54) is 46.8 Å². The highest BCUT2D eigenvalue weighted by Gasteiger charge is 2.18. The molecule has 3 aromatic rings. The molecule has 2 heterocycles. The summed E-state index contributed by atoms with van der Waals surface area (Å²) in [6.07, 6.45) is 4.56. The molecule has 0 unspecified atom stereocenters. The Kier molecular flexibility index (Phi) is 4.69. The first kappa shape index (κ1) is 16.8. The van der Waals surface area contributed by atoms with Crippen LogP contribution in [0, 0.1) is 12.9 Å². The van der Waals surface area contributed by atoms with Crippen molar-refractivity contribution in [1.29, 1.82) is 0 Å². The molecule has 0 amide bonds. The van der Waals surface area contributed by atoms with Crippen molar-refractivity contribution in [1.82, 2.24) is 9.97 Å². The van der Waals surface area contributed by atoms with E-state index in [0.29, 0.717) is 12.4 Å². The zero-order chi connectivity index (χ0) is 17.9. The van der Waals surface area contributed by atoms with Crippen LogP contribution in [0.2, 0.25) is 0 Å². The van der Waals surface area contributed by atoms with E-state index in [9.17, 15) is 4.39 Å². The van der Waals surface area contributed by atoms with Crippen LogP contribution in [0.25, 0.3) is 10.9 Å². The zero-order valence-corrected chi connectivity index (χ0v) is 15.0. The average Bonchev–Trinajstić information content (AvgIpc) is 2.65. The van der Waals surface area contributed by atoms with Crippen LogP contribution in [0.5, 0.6) is 0 Å². The summed E-state index contributed by atoms with van der Waals surface area (Å²) in [4.78, 5) is 8.79. The monoisotopic (exact) mass is 350 g/mol. The van der Waals surface area contributed by atoms with E-state index in [-0.39, 0.29) is 0 Å². The van der Waals surface area contributed by atoms with Crippen LogP contribution < -0.4 is 10.6 Å². The smallest absolute Gasteiger partial charge is 0.214 e. The summed E-state index contributed by atoms with van der Waals surface area (Å²) in [6.45, 7) is 3.52. The average molecular weight is 350 g/mol. The topological polar surface area (TPSA) is 49.8 Å². The Bertz CT molecular complexity index is 939. The Morgan fingerprint density at radius 2 is 1.77 bits per heavy atom. The lowest BCUT2D eigenvalue weighted by Crippen LogP contribution is -2.17. The highest BCUT2D eigenvalue weighted by molar-refractivity contribution is 5.95. The van der Waals surface area contributed by atoms with Gasteiger partial charge in [0.2, 0.25) is 5.95 Å². The minimum absolute atomic E-state index is 0.465. The van der Waals surface area contributed by atoms with E-state index < -0.39 is 5.95 Å². The molecule has 0 fully saturated rings. The van der Waals surface area contributed by atoms with Gasteiger partial charge < -0.3 is 10.6 Å². The number of hydrogen-bond donors (Lipinski definition) is 2. The lowest BCUT2D eigenvalue weighted by Gasteiger charge is -2.22. The van der Waals surface area contributed by atoms with Gasteiger partial charge in [-0.1, -0.05) is 24.3 Å². The van der Waals surface area contributed by atoms with Gasteiger partial charge in [0.1, 0.15) is 5.82 Å². The van der Waals surface area contributed by atoms with E-state index in [1.807, 2.05) is 0 Å². The van der Waals surface area contributed by atoms with E-state index in [2.05, 4.69) is 40.7 Å². The molecule has 1 aliphatic carbocycles. The number of pyridine rings is 2. The number of hydrogen-bond acceptors (Lipinski definition) is 4. The molecular weight excluding hydrogens is 327 g/mol. The third-order valence-corrected chi connectivity index (χ3v) is 4.94. The molecule has 2 aromatic heterocycles. The standard InChI is InChI=1S/C21H23FN4/c1-14-6-4-8-16-20(14)25-17-9-3-2-7-15(17)21(16)24-13-12-23-19-11-5-10-18(22)26-19/h4-6,8,10-11H,2-3,7,9,12-13H2,1H3,(H,23,26)(H,24,25). The molecule has 0 bridgehead atoms. The predicted molar refractivity (Wildman–Crippen MR) is 104 cm³/mol. The summed E-state index contributed by atoms with van der Waals surface area (Å²) < 4.78 is 13.2. The van der Waals surface area contributed by atoms with Crippen molar-refractivity contribution in [2.24, 2.45) is 0 Å². The van der Waals surface area contributed by atoms with Crippen molar-refractivity contribution in [3.8, 4) is 0 Å². The van der Waals surface area contributed by atoms with Crippen LogP contribution in [-0.4, -0.2) is 23.1 Å². The molecule has 26 heavy (non-hydrogen) atoms. The molecule has 0 saturated carbocycles. The number of para-hydroxylation sites is 1. The lowest BCUT2D eigenvalue weighted by molar-refractivity contribution is 0.585. The van der Waals surface area contributed by atoms with Gasteiger partial charge in [0.25, 0.3) is 0 Å². The number of aryl methyl sites for hydroxylation is 2. The first-order valence-corrected chi connectivity index (χ1v) is 9.24. The highest BCUT2D eigenvalue weighted by Crippen LogP contribution is 2.34. The SMILES string of the molecule is Cc1cccc2c(NCCNc3cccc(F)n3)c3c(nc12)CCCC3. The zero-order valence-electron chi connectivity index (χ0n) is 15.0. The summed E-state index contributed by atoms with van der Waals surface area (Å²) in [5.41, 5.74) is 6.11. The number of anilines is 2. The second-order valence-corrected chi connectivity index (χ2v) is 6.79. The van der Waals surface area contributed by atoms with Crippen molar-refractivity contribution in [2.45, 2.75) is 32.6 Å². The Morgan fingerprint density at radius 1 is 0.962 bits per heavy atom. The third-order valence-electron chi connectivity index (χ3n) is 4.94. The number of nitrogens with zero attached hydrogens (tertiary/aromatic N) is 2. The number of benzene rings is 1. The number of aromatic nitrogens is 2. The van der Waals surface area contributed by atoms with Gasteiger partial charge in [-0.05, 0) is 55.9 Å². The van der Waals surface area contributed by atoms with Gasteiger partial charge in [-0.15, -0.1) is 0 Å². The van der Waals surface area contributed by atoms with Crippen molar-refractivity contribution in [3.05, 3.63) is 59.2 Å². The van der Waals surface area contributed by atoms with Gasteiger partial charge in [0, 0.05) is 29.9 Å². The van der Waals surface area contributed by atoms with E-state index in [1.54, 1.807) is 12.1 Å². The first-order valence-electron chi connectivity index (χ1n) is 9.24. The number of rotatable bonds is 5. The minimum atomic E-state index is -0.465. The molecule has 1 aromatic carbocycles. The largest absolute Gasteiger partial charge is 0.382 e. The molecule has 134 valence electrons. The first-order chi connectivity index (χ1) is 12.7. The summed E-state index contributed by atoms with van der Waals surface area (Å²) in [6, 6.07) is 11.1. The molecule has 5 heteroatoms. The van der Waals surface area contributed by atoms with Crippen LogP contribution >= 0.6 is 0 Å². The highest BCUT2D eigenvalue weighted by atomic mass is 19.1. The number of fused-ring (bicyclic) bond motifs is 2. The van der Waals surface area contributed by atoms with E-state index in [4.69, 9.17) is 4.98 Å². The van der Waals surface area contributed by atoms with Gasteiger partial charge in [-0.25, -0.2) is 4.98 Å². The fourth-order valence-corrected chi connectivity index (χ4v) is 3.68. The molecule has 0 radical (unpaired) electrons. The quantitative estimate of drug-likeness (QED) is 0.526. The molecular formula is C21H23FN4. The van der Waals surface area contributed by atoms with Crippen molar-refractivity contribution < 1.29 is 4.39 Å². The van der Waals surface area contributed by atoms with Crippen LogP contribution in [-0.2, 0) is 12.8 Å². The summed E-state index contributed by atoms with van der Waals surface area (Å²) in [5, 5.41) is 7.96. The van der Waals surface area contributed by atoms with Gasteiger partial charge in [-0.3, -0.25) is 4.98 Å². The van der Waals surface area contributed by atoms with Crippen LogP contribution in [0.3, 0.4) is 0 Å². The Hall–Kier alpha value is -2.69. The molecule has 2 N–H and O–H groups in total. The molecule has 0 aliphatic heterocycles. The third kappa shape index (κ3) is 3.34. The predicted octanol–water partition coefficient (Wildman–Crippen LogP) is 4.48. The van der Waals surface area contributed by atoms with Gasteiger partial charge >= 0.3 is 0 Å². The fourth-order valence-electron chi connectivity index (χ4n) is 3.68. The maximum absolute atomic E-state index is 13.2. The summed E-state index contributed by atoms with van der Waals surface area (Å²) in [5.74, 6) is 0.0943. The van der Waals surface area contributed by atoms with Gasteiger partial charge in [0.15, 0.2) is 0 Å². The molecule has 4 rings (SSSR count). The van der Waals surface area contributed by atoms with Crippen molar-refractivity contribution in [2.75, 3.05) is 23.7 Å². The molecule has 0 saturated heterocycles. The molecule has 4 nitrogen and oxygen atoms in total. The van der Waals surface area contributed by atoms with Crippen LogP contribution in [0.15, 0.2) is 36.4 Å². The number of nitrogens with one attached hydrogen (secondary N) is 2. The second-order valence-electron chi connectivity index (χ2n) is 6.79. The van der Waals surface area contributed by atoms with Crippen molar-refractivity contribution >= 4 is 22.4 Å². The van der Waals surface area contributed by atoms with Crippen LogP contribution in [0.1, 0.15) is 29.7 Å². The maximum Gasteiger partial charge on any atom is 0.214 e. The molecule has 0 spiro atoms. The number of halogens is 1. The normalized spacial score (nSPS) is 13.5. The fraction of sp³-hybridized carbons (Fsp3) is 0.333. The Labute approximate surface area is 152 Å². The Balaban J connectivity index is 1.56. The Morgan fingerprint density at radius 3 is 2.65 bits per heavy atom. The van der Waals surface area contributed by atoms with Crippen LogP contribution in [0.4, 0.5) is 15.9 Å². The van der Waals surface area contributed by atoms with Gasteiger partial charge in [-0.2, -0.15) is 4.39 Å².